The first-order chi connectivity index (χ1) is 8.90. The fourth-order valence-electron chi connectivity index (χ4n) is 1.23. The highest BCUT2D eigenvalue weighted by molar-refractivity contribution is 6.32. The maximum Gasteiger partial charge on any atom is 0.372 e. The molecule has 0 unspecified atom stereocenters. The van der Waals surface area contributed by atoms with Crippen LogP contribution in [0.1, 0.15) is 28.8 Å². The minimum atomic E-state index is -1.61. The molecule has 0 saturated heterocycles. The van der Waals surface area contributed by atoms with Crippen LogP contribution in [0.2, 0.25) is 0 Å². The molecule has 0 aliphatic carbocycles. The summed E-state index contributed by atoms with van der Waals surface area (Å²) in [5.41, 5.74) is 1.17. The quantitative estimate of drug-likeness (QED) is 0.486. The number of carboxylic acids is 1. The van der Waals surface area contributed by atoms with Crippen molar-refractivity contribution in [1.82, 2.24) is 0 Å². The summed E-state index contributed by atoms with van der Waals surface area (Å²) in [6.07, 6.45) is -0.932. The summed E-state index contributed by atoms with van der Waals surface area (Å²) >= 11 is 0. The van der Waals surface area contributed by atoms with Crippen molar-refractivity contribution in [3.8, 4) is 0 Å². The Labute approximate surface area is 109 Å². The molecule has 6 heteroatoms. The topological polar surface area (TPSA) is 97.7 Å². The number of hydrogen-bond donors (Lipinski definition) is 1. The lowest BCUT2D eigenvalue weighted by atomic mass is 10.1. The van der Waals surface area contributed by atoms with Crippen molar-refractivity contribution in [2.45, 2.75) is 19.8 Å². The molecule has 0 saturated carbocycles. The number of carbonyl (C=O) groups excluding carboxylic acids is 3. The van der Waals surface area contributed by atoms with Gasteiger partial charge in [0.1, 0.15) is 0 Å². The highest BCUT2D eigenvalue weighted by Crippen LogP contribution is 2.06. The van der Waals surface area contributed by atoms with Crippen LogP contribution in [0.4, 0.5) is 0 Å². The molecule has 1 rings (SSSR count). The number of ketones is 1. The molecule has 100 valence electrons. The first kappa shape index (κ1) is 14.6. The number of benzene rings is 1. The second-order valence-corrected chi connectivity index (χ2v) is 3.86. The summed E-state index contributed by atoms with van der Waals surface area (Å²) in [7, 11) is 0. The number of carboxylic acid groups (broad SMARTS) is 1. The SMILES string of the molecule is Cc1ccc(C(=O)OC(=O)CCC(=O)C(=O)O)cc1. The largest absolute Gasteiger partial charge is 0.476 e. The van der Waals surface area contributed by atoms with Crippen molar-refractivity contribution in [1.29, 1.82) is 0 Å². The number of rotatable bonds is 5. The summed E-state index contributed by atoms with van der Waals surface area (Å²) < 4.78 is 4.48. The molecule has 1 N–H and O–H groups in total. The minimum absolute atomic E-state index is 0.212. The van der Waals surface area contributed by atoms with Crippen LogP contribution in [-0.4, -0.2) is 28.8 Å². The molecule has 19 heavy (non-hydrogen) atoms. The number of esters is 2. The van der Waals surface area contributed by atoms with Crippen LogP contribution in [0.3, 0.4) is 0 Å². The van der Waals surface area contributed by atoms with E-state index in [4.69, 9.17) is 5.11 Å². The van der Waals surface area contributed by atoms with E-state index in [-0.39, 0.29) is 5.56 Å². The maximum atomic E-state index is 11.5. The molecule has 0 atom stereocenters. The molecular weight excluding hydrogens is 252 g/mol. The van der Waals surface area contributed by atoms with E-state index in [1.54, 1.807) is 12.1 Å². The van der Waals surface area contributed by atoms with Gasteiger partial charge in [-0.15, -0.1) is 0 Å². The lowest BCUT2D eigenvalue weighted by molar-refractivity contribution is -0.150. The molecule has 1 aromatic rings. The Kier molecular flexibility index (Phi) is 4.93. The Hall–Kier alpha value is -2.50. The van der Waals surface area contributed by atoms with Crippen LogP contribution in [0.5, 0.6) is 0 Å². The highest BCUT2D eigenvalue weighted by Gasteiger charge is 2.17. The third-order valence-corrected chi connectivity index (χ3v) is 2.29. The Morgan fingerprint density at radius 1 is 1.05 bits per heavy atom. The molecule has 0 aromatic heterocycles. The van der Waals surface area contributed by atoms with Crippen LogP contribution in [0.15, 0.2) is 24.3 Å². The van der Waals surface area contributed by atoms with Crippen molar-refractivity contribution in [3.63, 3.8) is 0 Å². The second kappa shape index (κ2) is 6.44. The average Bonchev–Trinajstić information content (AvgIpc) is 2.36. The van der Waals surface area contributed by atoms with E-state index in [1.807, 2.05) is 6.92 Å². The van der Waals surface area contributed by atoms with E-state index in [1.165, 1.54) is 12.1 Å². The molecular formula is C13H12O6. The summed E-state index contributed by atoms with van der Waals surface area (Å²) in [6.45, 7) is 1.85. The number of aliphatic carboxylic acids is 1. The van der Waals surface area contributed by atoms with Crippen LogP contribution in [0.25, 0.3) is 0 Å². The van der Waals surface area contributed by atoms with Gasteiger partial charge in [-0.3, -0.25) is 9.59 Å². The molecule has 1 aromatic carbocycles. The summed E-state index contributed by atoms with van der Waals surface area (Å²) in [6, 6.07) is 6.39. The molecule has 0 fully saturated rings. The van der Waals surface area contributed by atoms with Gasteiger partial charge < -0.3 is 9.84 Å². The average molecular weight is 264 g/mol. The van der Waals surface area contributed by atoms with E-state index in [0.717, 1.165) is 5.56 Å². The van der Waals surface area contributed by atoms with Gasteiger partial charge in [-0.2, -0.15) is 0 Å². The lowest BCUT2D eigenvalue weighted by Gasteiger charge is -2.02. The van der Waals surface area contributed by atoms with E-state index >= 15 is 0 Å². The predicted octanol–water partition coefficient (Wildman–Crippen LogP) is 1.11. The maximum absolute atomic E-state index is 11.5. The van der Waals surface area contributed by atoms with Gasteiger partial charge in [0.25, 0.3) is 0 Å². The second-order valence-electron chi connectivity index (χ2n) is 3.86. The lowest BCUT2D eigenvalue weighted by Crippen LogP contribution is -2.17. The number of aryl methyl sites for hydroxylation is 1. The zero-order valence-corrected chi connectivity index (χ0v) is 10.2. The Bertz CT molecular complexity index is 514. The van der Waals surface area contributed by atoms with Crippen LogP contribution < -0.4 is 0 Å². The Balaban J connectivity index is 2.48. The Morgan fingerprint density at radius 3 is 2.16 bits per heavy atom. The van der Waals surface area contributed by atoms with Crippen molar-refractivity contribution < 1.29 is 29.0 Å². The molecule has 0 amide bonds. The van der Waals surface area contributed by atoms with E-state index in [0.29, 0.717) is 0 Å². The number of ether oxygens (including phenoxy) is 1. The van der Waals surface area contributed by atoms with Gasteiger partial charge in [-0.25, -0.2) is 9.59 Å². The van der Waals surface area contributed by atoms with E-state index < -0.39 is 36.5 Å². The van der Waals surface area contributed by atoms with Crippen LogP contribution in [0, 0.1) is 6.92 Å². The zero-order valence-electron chi connectivity index (χ0n) is 10.2. The summed E-state index contributed by atoms with van der Waals surface area (Å²) in [4.78, 5) is 43.7. The highest BCUT2D eigenvalue weighted by atomic mass is 16.6. The first-order valence-electron chi connectivity index (χ1n) is 5.48. The van der Waals surface area contributed by atoms with Gasteiger partial charge in [-0.05, 0) is 19.1 Å². The standard InChI is InChI=1S/C13H12O6/c1-8-2-4-9(5-3-8)13(18)19-11(15)7-6-10(14)12(16)17/h2-5H,6-7H2,1H3,(H,16,17). The van der Waals surface area contributed by atoms with Gasteiger partial charge in [0.15, 0.2) is 0 Å². The molecule has 0 aliphatic rings. The summed E-state index contributed by atoms with van der Waals surface area (Å²) in [5.74, 6) is -4.47. The van der Waals surface area contributed by atoms with E-state index in [2.05, 4.69) is 4.74 Å². The van der Waals surface area contributed by atoms with Crippen molar-refractivity contribution >= 4 is 23.7 Å². The molecule has 6 nitrogen and oxygen atoms in total. The van der Waals surface area contributed by atoms with Gasteiger partial charge >= 0.3 is 17.9 Å². The molecule has 0 heterocycles. The molecule has 0 radical (unpaired) electrons. The fourth-order valence-corrected chi connectivity index (χ4v) is 1.23. The van der Waals surface area contributed by atoms with Crippen molar-refractivity contribution in [3.05, 3.63) is 35.4 Å². The Morgan fingerprint density at radius 2 is 1.63 bits per heavy atom. The number of hydrogen-bond acceptors (Lipinski definition) is 5. The van der Waals surface area contributed by atoms with Crippen LogP contribution in [-0.2, 0) is 19.1 Å². The van der Waals surface area contributed by atoms with Crippen LogP contribution >= 0.6 is 0 Å². The number of Topliss-reactive ketones (excluding diaryl/α,β-unsaturated/α-hetero) is 1. The van der Waals surface area contributed by atoms with Crippen molar-refractivity contribution in [2.24, 2.45) is 0 Å². The minimum Gasteiger partial charge on any atom is -0.476 e. The van der Waals surface area contributed by atoms with E-state index in [9.17, 15) is 19.2 Å². The summed E-state index contributed by atoms with van der Waals surface area (Å²) in [5, 5.41) is 8.31. The van der Waals surface area contributed by atoms with Crippen molar-refractivity contribution in [2.75, 3.05) is 0 Å². The normalized spacial score (nSPS) is 9.74. The zero-order chi connectivity index (χ0) is 14.4. The van der Waals surface area contributed by atoms with Gasteiger partial charge in [-0.1, -0.05) is 17.7 Å². The number of carbonyl (C=O) groups is 4. The van der Waals surface area contributed by atoms with Gasteiger partial charge in [0, 0.05) is 6.42 Å². The fraction of sp³-hybridized carbons (Fsp3) is 0.231. The van der Waals surface area contributed by atoms with Gasteiger partial charge in [0.2, 0.25) is 5.78 Å². The smallest absolute Gasteiger partial charge is 0.372 e. The third kappa shape index (κ3) is 4.71. The van der Waals surface area contributed by atoms with Gasteiger partial charge in [0.05, 0.1) is 12.0 Å². The predicted molar refractivity (Wildman–Crippen MR) is 63.5 cm³/mol. The first-order valence-corrected chi connectivity index (χ1v) is 5.48. The monoisotopic (exact) mass is 264 g/mol. The third-order valence-electron chi connectivity index (χ3n) is 2.29. The molecule has 0 aliphatic heterocycles. The molecule has 0 bridgehead atoms. The molecule has 0 spiro atoms.